The first-order valence-corrected chi connectivity index (χ1v) is 9.62. The van der Waals surface area contributed by atoms with Gasteiger partial charge in [0.25, 0.3) is 0 Å². The fourth-order valence-electron chi connectivity index (χ4n) is 3.12. The van der Waals surface area contributed by atoms with Crippen LogP contribution in [0.4, 0.5) is 0 Å². The van der Waals surface area contributed by atoms with Crippen LogP contribution in [0.5, 0.6) is 0 Å². The molecule has 2 heterocycles. The molecule has 0 unspecified atom stereocenters. The number of halogens is 1. The largest absolute Gasteiger partial charge is 0.441 e. The summed E-state index contributed by atoms with van der Waals surface area (Å²) in [5.74, 6) is 1.14. The van der Waals surface area contributed by atoms with E-state index in [0.29, 0.717) is 36.1 Å². The first kappa shape index (κ1) is 19.9. The Balaban J connectivity index is 1.47. The lowest BCUT2D eigenvalue weighted by Gasteiger charge is -2.40. The molecule has 1 amide bonds. The molecule has 1 aromatic carbocycles. The minimum absolute atomic E-state index is 0.00571. The van der Waals surface area contributed by atoms with Crippen LogP contribution >= 0.6 is 11.6 Å². The second kappa shape index (κ2) is 8.87. The SMILES string of the molecule is CC(C)(CNC(=O)CCc1ncc(-c2ccccc2Cl)o1)N1CCOCC1. The van der Waals surface area contributed by atoms with Crippen molar-refractivity contribution in [2.45, 2.75) is 32.2 Å². The van der Waals surface area contributed by atoms with Crippen LogP contribution in [-0.2, 0) is 16.0 Å². The molecule has 7 heteroatoms. The Morgan fingerprint density at radius 1 is 1.30 bits per heavy atom. The highest BCUT2D eigenvalue weighted by Crippen LogP contribution is 2.28. The van der Waals surface area contributed by atoms with Crippen LogP contribution in [0.3, 0.4) is 0 Å². The van der Waals surface area contributed by atoms with Gasteiger partial charge in [0.05, 0.1) is 24.4 Å². The van der Waals surface area contributed by atoms with E-state index in [1.54, 1.807) is 6.20 Å². The van der Waals surface area contributed by atoms with E-state index in [9.17, 15) is 4.79 Å². The Morgan fingerprint density at radius 3 is 2.78 bits per heavy atom. The van der Waals surface area contributed by atoms with Crippen LogP contribution in [0.1, 0.15) is 26.2 Å². The molecule has 0 aliphatic carbocycles. The third-order valence-corrected chi connectivity index (χ3v) is 5.17. The Hall–Kier alpha value is -1.89. The molecule has 146 valence electrons. The fraction of sp³-hybridized carbons (Fsp3) is 0.500. The number of nitrogens with one attached hydrogen (secondary N) is 1. The zero-order chi connectivity index (χ0) is 19.3. The smallest absolute Gasteiger partial charge is 0.220 e. The molecule has 27 heavy (non-hydrogen) atoms. The summed E-state index contributed by atoms with van der Waals surface area (Å²) in [6, 6.07) is 7.45. The number of hydrogen-bond acceptors (Lipinski definition) is 5. The summed E-state index contributed by atoms with van der Waals surface area (Å²) in [6.45, 7) is 8.16. The Morgan fingerprint density at radius 2 is 2.04 bits per heavy atom. The van der Waals surface area contributed by atoms with Crippen molar-refractivity contribution in [2.24, 2.45) is 0 Å². The fourth-order valence-corrected chi connectivity index (χ4v) is 3.34. The molecule has 0 saturated carbocycles. The summed E-state index contributed by atoms with van der Waals surface area (Å²) in [5, 5.41) is 3.64. The van der Waals surface area contributed by atoms with Gasteiger partial charge in [0.2, 0.25) is 5.91 Å². The van der Waals surface area contributed by atoms with Gasteiger partial charge in [-0.2, -0.15) is 0 Å². The monoisotopic (exact) mass is 391 g/mol. The quantitative estimate of drug-likeness (QED) is 0.785. The maximum atomic E-state index is 12.2. The van der Waals surface area contributed by atoms with Gasteiger partial charge in [0, 0.05) is 43.6 Å². The molecule has 3 rings (SSSR count). The number of amides is 1. The van der Waals surface area contributed by atoms with Gasteiger partial charge in [0.15, 0.2) is 11.7 Å². The number of oxazole rings is 1. The molecule has 1 aliphatic rings. The number of benzene rings is 1. The van der Waals surface area contributed by atoms with Gasteiger partial charge in [-0.25, -0.2) is 4.98 Å². The number of nitrogens with zero attached hydrogens (tertiary/aromatic N) is 2. The number of hydrogen-bond donors (Lipinski definition) is 1. The summed E-state index contributed by atoms with van der Waals surface area (Å²) in [5.41, 5.74) is 0.703. The third-order valence-electron chi connectivity index (χ3n) is 4.84. The van der Waals surface area contributed by atoms with Crippen molar-refractivity contribution in [3.63, 3.8) is 0 Å². The highest BCUT2D eigenvalue weighted by molar-refractivity contribution is 6.33. The van der Waals surface area contributed by atoms with Gasteiger partial charge < -0.3 is 14.5 Å². The number of carbonyl (C=O) groups is 1. The molecule has 1 saturated heterocycles. The maximum Gasteiger partial charge on any atom is 0.220 e. The highest BCUT2D eigenvalue weighted by atomic mass is 35.5. The minimum Gasteiger partial charge on any atom is -0.441 e. The van der Waals surface area contributed by atoms with Gasteiger partial charge in [-0.1, -0.05) is 23.7 Å². The highest BCUT2D eigenvalue weighted by Gasteiger charge is 2.28. The lowest BCUT2D eigenvalue weighted by atomic mass is 10.0. The van der Waals surface area contributed by atoms with Crippen LogP contribution in [0.15, 0.2) is 34.9 Å². The number of morpholine rings is 1. The van der Waals surface area contributed by atoms with E-state index in [1.165, 1.54) is 0 Å². The zero-order valence-electron chi connectivity index (χ0n) is 15.8. The normalized spacial score (nSPS) is 15.7. The molecule has 1 aliphatic heterocycles. The lowest BCUT2D eigenvalue weighted by Crippen LogP contribution is -2.55. The second-order valence-electron chi connectivity index (χ2n) is 7.29. The molecule has 2 aromatic rings. The van der Waals surface area contributed by atoms with Crippen molar-refractivity contribution in [3.05, 3.63) is 41.4 Å². The summed E-state index contributed by atoms with van der Waals surface area (Å²) in [6.07, 6.45) is 2.44. The molecular formula is C20H26ClN3O3. The Kier molecular flexibility index (Phi) is 6.52. The summed E-state index contributed by atoms with van der Waals surface area (Å²) in [4.78, 5) is 18.8. The Labute approximate surface area is 164 Å². The summed E-state index contributed by atoms with van der Waals surface area (Å²) in [7, 11) is 0. The zero-order valence-corrected chi connectivity index (χ0v) is 16.6. The summed E-state index contributed by atoms with van der Waals surface area (Å²) < 4.78 is 11.1. The van der Waals surface area contributed by atoms with E-state index in [-0.39, 0.29) is 11.4 Å². The van der Waals surface area contributed by atoms with Crippen molar-refractivity contribution >= 4 is 17.5 Å². The molecule has 0 atom stereocenters. The molecule has 0 bridgehead atoms. The average Bonchev–Trinajstić information content (AvgIpc) is 3.15. The summed E-state index contributed by atoms with van der Waals surface area (Å²) >= 11 is 6.18. The van der Waals surface area contributed by atoms with Crippen LogP contribution in [0.2, 0.25) is 5.02 Å². The van der Waals surface area contributed by atoms with Crippen molar-refractivity contribution in [1.29, 1.82) is 0 Å². The lowest BCUT2D eigenvalue weighted by molar-refractivity contribution is -0.121. The second-order valence-corrected chi connectivity index (χ2v) is 7.69. The number of rotatable bonds is 7. The van der Waals surface area contributed by atoms with Gasteiger partial charge >= 0.3 is 0 Å². The molecule has 0 spiro atoms. The average molecular weight is 392 g/mol. The predicted molar refractivity (Wildman–Crippen MR) is 105 cm³/mol. The molecular weight excluding hydrogens is 366 g/mol. The standard InChI is InChI=1S/C20H26ClN3O3/c1-20(2,24-9-11-26-12-10-24)14-23-18(25)7-8-19-22-13-17(27-19)15-5-3-4-6-16(15)21/h3-6,13H,7-12,14H2,1-2H3,(H,23,25). The van der Waals surface area contributed by atoms with E-state index in [2.05, 4.69) is 29.0 Å². The molecule has 0 radical (unpaired) electrons. The van der Waals surface area contributed by atoms with Crippen molar-refractivity contribution in [3.8, 4) is 11.3 Å². The number of ether oxygens (including phenoxy) is 1. The van der Waals surface area contributed by atoms with Crippen LogP contribution < -0.4 is 5.32 Å². The maximum absolute atomic E-state index is 12.2. The minimum atomic E-state index is -0.0976. The number of aromatic nitrogens is 1. The van der Waals surface area contributed by atoms with Crippen LogP contribution in [0.25, 0.3) is 11.3 Å². The van der Waals surface area contributed by atoms with E-state index in [4.69, 9.17) is 20.8 Å². The first-order chi connectivity index (χ1) is 13.0. The van der Waals surface area contributed by atoms with E-state index in [1.807, 2.05) is 24.3 Å². The molecule has 6 nitrogen and oxygen atoms in total. The first-order valence-electron chi connectivity index (χ1n) is 9.25. The number of carbonyl (C=O) groups excluding carboxylic acids is 1. The van der Waals surface area contributed by atoms with E-state index in [0.717, 1.165) is 31.9 Å². The van der Waals surface area contributed by atoms with Crippen molar-refractivity contribution in [1.82, 2.24) is 15.2 Å². The van der Waals surface area contributed by atoms with Gasteiger partial charge in [-0.05, 0) is 26.0 Å². The van der Waals surface area contributed by atoms with Crippen LogP contribution in [0, 0.1) is 0 Å². The van der Waals surface area contributed by atoms with Gasteiger partial charge in [0.1, 0.15) is 0 Å². The van der Waals surface area contributed by atoms with Crippen molar-refractivity contribution < 1.29 is 13.9 Å². The Bertz CT molecular complexity index is 769. The van der Waals surface area contributed by atoms with E-state index >= 15 is 0 Å². The van der Waals surface area contributed by atoms with Gasteiger partial charge in [-0.3, -0.25) is 9.69 Å². The van der Waals surface area contributed by atoms with E-state index < -0.39 is 0 Å². The molecule has 1 aromatic heterocycles. The van der Waals surface area contributed by atoms with Crippen molar-refractivity contribution in [2.75, 3.05) is 32.8 Å². The van der Waals surface area contributed by atoms with Crippen LogP contribution in [-0.4, -0.2) is 54.2 Å². The predicted octanol–water partition coefficient (Wildman–Crippen LogP) is 3.15. The number of aryl methyl sites for hydroxylation is 1. The van der Waals surface area contributed by atoms with Gasteiger partial charge in [-0.15, -0.1) is 0 Å². The topological polar surface area (TPSA) is 67.6 Å². The molecule has 1 fully saturated rings. The molecule has 1 N–H and O–H groups in total. The third kappa shape index (κ3) is 5.31.